The van der Waals surface area contributed by atoms with Crippen LogP contribution in [-0.4, -0.2) is 50.6 Å². The van der Waals surface area contributed by atoms with Crippen LogP contribution in [-0.2, 0) is 11.3 Å². The van der Waals surface area contributed by atoms with Crippen molar-refractivity contribution in [3.63, 3.8) is 0 Å². The third-order valence-electron chi connectivity index (χ3n) is 4.89. The van der Waals surface area contributed by atoms with Gasteiger partial charge in [-0.05, 0) is 49.8 Å². The Kier molecular flexibility index (Phi) is 7.75. The van der Waals surface area contributed by atoms with Gasteiger partial charge in [-0.2, -0.15) is 0 Å². The average Bonchev–Trinajstić information content (AvgIpc) is 2.66. The van der Waals surface area contributed by atoms with Gasteiger partial charge < -0.3 is 20.3 Å². The van der Waals surface area contributed by atoms with Crippen LogP contribution >= 0.6 is 0 Å². The molecule has 6 heteroatoms. The molecule has 0 spiro atoms. The zero-order valence-corrected chi connectivity index (χ0v) is 16.5. The number of aliphatic imine (C=N–C) groups is 1. The predicted octanol–water partition coefficient (Wildman–Crippen LogP) is 2.32. The number of methoxy groups -OCH3 is 1. The Morgan fingerprint density at radius 2 is 2.08 bits per heavy atom. The molecule has 0 atom stereocenters. The molecule has 0 aromatic heterocycles. The van der Waals surface area contributed by atoms with E-state index in [2.05, 4.69) is 40.7 Å². The second-order valence-corrected chi connectivity index (χ2v) is 6.78. The third kappa shape index (κ3) is 5.64. The number of rotatable bonds is 6. The van der Waals surface area contributed by atoms with E-state index in [9.17, 15) is 4.79 Å². The van der Waals surface area contributed by atoms with Crippen LogP contribution in [0.25, 0.3) is 0 Å². The summed E-state index contributed by atoms with van der Waals surface area (Å²) in [5, 5.41) is 6.11. The molecule has 2 N–H and O–H groups in total. The summed E-state index contributed by atoms with van der Waals surface area (Å²) in [4.78, 5) is 18.7. The standard InChI is InChI=1S/C20H32N4O2/c1-5-22-20(23-14-17-7-6-15(2)18(12-17)26-4)24-10-8-16(9-11-24)13-19(25)21-3/h6-7,12,16H,5,8-11,13-14H2,1-4H3,(H,21,25)(H,22,23). The summed E-state index contributed by atoms with van der Waals surface area (Å²) >= 11 is 0. The number of nitrogens with one attached hydrogen (secondary N) is 2. The summed E-state index contributed by atoms with van der Waals surface area (Å²) in [6.45, 7) is 7.46. The van der Waals surface area contributed by atoms with E-state index >= 15 is 0 Å². The SMILES string of the molecule is CCNC(=NCc1ccc(C)c(OC)c1)N1CCC(CC(=O)NC)CC1. The molecule has 0 aliphatic carbocycles. The molecule has 26 heavy (non-hydrogen) atoms. The quantitative estimate of drug-likeness (QED) is 0.604. The Morgan fingerprint density at radius 3 is 2.69 bits per heavy atom. The number of amides is 1. The number of likely N-dealkylation sites (tertiary alicyclic amines) is 1. The minimum absolute atomic E-state index is 0.136. The first kappa shape index (κ1) is 20.1. The van der Waals surface area contributed by atoms with Crippen LogP contribution in [0, 0.1) is 12.8 Å². The number of benzene rings is 1. The van der Waals surface area contributed by atoms with Crippen LogP contribution < -0.4 is 15.4 Å². The van der Waals surface area contributed by atoms with E-state index in [0.29, 0.717) is 18.9 Å². The number of hydrogen-bond donors (Lipinski definition) is 2. The molecular weight excluding hydrogens is 328 g/mol. The molecule has 0 saturated carbocycles. The van der Waals surface area contributed by atoms with Gasteiger partial charge in [-0.1, -0.05) is 12.1 Å². The minimum Gasteiger partial charge on any atom is -0.496 e. The lowest BCUT2D eigenvalue weighted by atomic mass is 9.93. The van der Waals surface area contributed by atoms with Gasteiger partial charge in [0.15, 0.2) is 5.96 Å². The Labute approximate surface area is 157 Å². The van der Waals surface area contributed by atoms with E-state index in [1.54, 1.807) is 14.2 Å². The first-order valence-electron chi connectivity index (χ1n) is 9.44. The second-order valence-electron chi connectivity index (χ2n) is 6.78. The molecule has 1 aliphatic rings. The Morgan fingerprint density at radius 1 is 1.35 bits per heavy atom. The third-order valence-corrected chi connectivity index (χ3v) is 4.89. The number of piperidine rings is 1. The highest BCUT2D eigenvalue weighted by atomic mass is 16.5. The highest BCUT2D eigenvalue weighted by Crippen LogP contribution is 2.21. The van der Waals surface area contributed by atoms with Crippen molar-refractivity contribution in [2.45, 2.75) is 39.7 Å². The maximum atomic E-state index is 11.6. The van der Waals surface area contributed by atoms with Crippen molar-refractivity contribution in [3.8, 4) is 5.75 Å². The number of carbonyl (C=O) groups is 1. The molecule has 2 rings (SSSR count). The van der Waals surface area contributed by atoms with Gasteiger partial charge in [-0.15, -0.1) is 0 Å². The maximum Gasteiger partial charge on any atom is 0.220 e. The molecule has 144 valence electrons. The number of hydrogen-bond acceptors (Lipinski definition) is 3. The smallest absolute Gasteiger partial charge is 0.220 e. The van der Waals surface area contributed by atoms with Crippen molar-refractivity contribution >= 4 is 11.9 Å². The van der Waals surface area contributed by atoms with Crippen molar-refractivity contribution in [1.82, 2.24) is 15.5 Å². The van der Waals surface area contributed by atoms with Crippen molar-refractivity contribution in [2.75, 3.05) is 33.8 Å². The van der Waals surface area contributed by atoms with Crippen molar-refractivity contribution < 1.29 is 9.53 Å². The highest BCUT2D eigenvalue weighted by molar-refractivity contribution is 5.80. The average molecular weight is 361 g/mol. The first-order valence-corrected chi connectivity index (χ1v) is 9.44. The largest absolute Gasteiger partial charge is 0.496 e. The molecule has 1 fully saturated rings. The van der Waals surface area contributed by atoms with Crippen molar-refractivity contribution in [3.05, 3.63) is 29.3 Å². The zero-order valence-electron chi connectivity index (χ0n) is 16.5. The molecule has 1 aliphatic heterocycles. The molecule has 1 saturated heterocycles. The Balaban J connectivity index is 1.98. The van der Waals surface area contributed by atoms with Gasteiger partial charge in [0.25, 0.3) is 0 Å². The van der Waals surface area contributed by atoms with Crippen LogP contribution in [0.3, 0.4) is 0 Å². The summed E-state index contributed by atoms with van der Waals surface area (Å²) in [6, 6.07) is 6.22. The number of nitrogens with zero attached hydrogens (tertiary/aromatic N) is 2. The molecular formula is C20H32N4O2. The highest BCUT2D eigenvalue weighted by Gasteiger charge is 2.23. The monoisotopic (exact) mass is 360 g/mol. The van der Waals surface area contributed by atoms with Gasteiger partial charge in [0.05, 0.1) is 13.7 Å². The second kappa shape index (κ2) is 10.0. The molecule has 1 heterocycles. The van der Waals surface area contributed by atoms with E-state index in [1.165, 1.54) is 0 Å². The predicted molar refractivity (Wildman–Crippen MR) is 106 cm³/mol. The van der Waals surface area contributed by atoms with Crippen molar-refractivity contribution in [1.29, 1.82) is 0 Å². The number of guanidine groups is 1. The molecule has 1 aromatic carbocycles. The molecule has 0 unspecified atom stereocenters. The molecule has 0 bridgehead atoms. The fourth-order valence-corrected chi connectivity index (χ4v) is 3.27. The lowest BCUT2D eigenvalue weighted by molar-refractivity contribution is -0.121. The molecule has 0 radical (unpaired) electrons. The molecule has 1 aromatic rings. The van der Waals surface area contributed by atoms with Crippen LogP contribution in [0.2, 0.25) is 0 Å². The lowest BCUT2D eigenvalue weighted by Crippen LogP contribution is -2.46. The van der Waals surface area contributed by atoms with E-state index in [4.69, 9.17) is 9.73 Å². The van der Waals surface area contributed by atoms with E-state index in [1.807, 2.05) is 6.92 Å². The summed E-state index contributed by atoms with van der Waals surface area (Å²) in [7, 11) is 3.40. The van der Waals surface area contributed by atoms with Gasteiger partial charge in [0.1, 0.15) is 5.75 Å². The van der Waals surface area contributed by atoms with Crippen LogP contribution in [0.15, 0.2) is 23.2 Å². The van der Waals surface area contributed by atoms with Crippen LogP contribution in [0.5, 0.6) is 5.75 Å². The van der Waals surface area contributed by atoms with Crippen LogP contribution in [0.1, 0.15) is 37.3 Å². The normalized spacial score (nSPS) is 15.7. The zero-order chi connectivity index (χ0) is 18.9. The van der Waals surface area contributed by atoms with E-state index in [0.717, 1.165) is 55.3 Å². The molecule has 1 amide bonds. The summed E-state index contributed by atoms with van der Waals surface area (Å²) in [5.74, 6) is 2.45. The number of carbonyl (C=O) groups excluding carboxylic acids is 1. The Hall–Kier alpha value is -2.24. The number of aryl methyl sites for hydroxylation is 1. The van der Waals surface area contributed by atoms with Gasteiger partial charge >= 0.3 is 0 Å². The van der Waals surface area contributed by atoms with E-state index < -0.39 is 0 Å². The Bertz CT molecular complexity index is 622. The maximum absolute atomic E-state index is 11.6. The summed E-state index contributed by atoms with van der Waals surface area (Å²) < 4.78 is 5.40. The van der Waals surface area contributed by atoms with Crippen LogP contribution in [0.4, 0.5) is 0 Å². The van der Waals surface area contributed by atoms with Crippen molar-refractivity contribution in [2.24, 2.45) is 10.9 Å². The van der Waals surface area contributed by atoms with E-state index in [-0.39, 0.29) is 5.91 Å². The summed E-state index contributed by atoms with van der Waals surface area (Å²) in [6.07, 6.45) is 2.67. The fraction of sp³-hybridized carbons (Fsp3) is 0.600. The summed E-state index contributed by atoms with van der Waals surface area (Å²) in [5.41, 5.74) is 2.27. The number of ether oxygens (including phenoxy) is 1. The van der Waals surface area contributed by atoms with Gasteiger partial charge in [-0.3, -0.25) is 4.79 Å². The van der Waals surface area contributed by atoms with Gasteiger partial charge in [0, 0.05) is 33.1 Å². The van der Waals surface area contributed by atoms with Gasteiger partial charge in [-0.25, -0.2) is 4.99 Å². The van der Waals surface area contributed by atoms with Gasteiger partial charge in [0.2, 0.25) is 5.91 Å². The minimum atomic E-state index is 0.136. The molecule has 6 nitrogen and oxygen atoms in total. The topological polar surface area (TPSA) is 66.0 Å². The first-order chi connectivity index (χ1) is 12.6. The lowest BCUT2D eigenvalue weighted by Gasteiger charge is -2.34. The fourth-order valence-electron chi connectivity index (χ4n) is 3.27.